The molecular weight excluding hydrogens is 384 g/mol. The molecule has 6 rings (SSSR count). The van der Waals surface area contributed by atoms with Crippen molar-refractivity contribution in [2.24, 2.45) is 0 Å². The van der Waals surface area contributed by atoms with Crippen molar-refractivity contribution >= 4 is 5.65 Å². The van der Waals surface area contributed by atoms with Crippen LogP contribution in [0.2, 0.25) is 0 Å². The van der Waals surface area contributed by atoms with E-state index in [0.717, 1.165) is 5.56 Å². The van der Waals surface area contributed by atoms with E-state index in [2.05, 4.69) is 15.1 Å². The average molecular weight is 398 g/mol. The number of hydrogen-bond donors (Lipinski definition) is 2. The van der Waals surface area contributed by atoms with Crippen molar-refractivity contribution in [2.45, 2.75) is 5.92 Å². The summed E-state index contributed by atoms with van der Waals surface area (Å²) in [5.41, 5.74) is 2.57. The van der Waals surface area contributed by atoms with E-state index in [4.69, 9.17) is 9.15 Å². The molecule has 0 amide bonds. The Morgan fingerprint density at radius 3 is 2.73 bits per heavy atom. The first-order valence-electron chi connectivity index (χ1n) is 9.27. The quantitative estimate of drug-likeness (QED) is 0.453. The largest absolute Gasteiger partial charge is 0.508 e. The van der Waals surface area contributed by atoms with Gasteiger partial charge in [-0.3, -0.25) is 0 Å². The summed E-state index contributed by atoms with van der Waals surface area (Å²) >= 11 is 0. The molecule has 8 nitrogen and oxygen atoms in total. The van der Waals surface area contributed by atoms with Gasteiger partial charge in [-0.2, -0.15) is 0 Å². The first-order valence-corrected chi connectivity index (χ1v) is 9.27. The maximum absolute atomic E-state index is 10.2. The maximum atomic E-state index is 10.2. The number of fused-ring (bicyclic) bond motifs is 4. The predicted octanol–water partition coefficient (Wildman–Crippen LogP) is 4.08. The van der Waals surface area contributed by atoms with Crippen molar-refractivity contribution < 1.29 is 19.4 Å². The molecule has 3 aromatic heterocycles. The van der Waals surface area contributed by atoms with Gasteiger partial charge in [-0.1, -0.05) is 18.2 Å². The number of aromatic hydroxyl groups is 2. The number of benzene rings is 2. The van der Waals surface area contributed by atoms with Crippen molar-refractivity contribution in [1.29, 1.82) is 0 Å². The molecule has 1 aliphatic heterocycles. The highest BCUT2D eigenvalue weighted by molar-refractivity contribution is 5.70. The standard InChI is InChI=1S/C22H14N4O4/c27-12-7-8-14-17(10-12)30-22-19(18(14)16-6-3-9-29-16)21-24-20(25-26(21)11-23-22)13-4-1-2-5-15(13)28/h1-11,18,27-28H/t18-/m1/s1. The minimum absolute atomic E-state index is 0.0925. The van der Waals surface area contributed by atoms with Gasteiger partial charge < -0.3 is 19.4 Å². The first-order chi connectivity index (χ1) is 14.7. The second-order valence-corrected chi connectivity index (χ2v) is 6.96. The Hall–Kier alpha value is -4.33. The van der Waals surface area contributed by atoms with Crippen LogP contribution in [0.4, 0.5) is 0 Å². The highest BCUT2D eigenvalue weighted by atomic mass is 16.5. The summed E-state index contributed by atoms with van der Waals surface area (Å²) in [5, 5.41) is 24.6. The number of nitrogens with zero attached hydrogens (tertiary/aromatic N) is 4. The molecule has 4 heterocycles. The fourth-order valence-corrected chi connectivity index (χ4v) is 3.83. The van der Waals surface area contributed by atoms with Crippen LogP contribution in [0.1, 0.15) is 22.8 Å². The van der Waals surface area contributed by atoms with Crippen molar-refractivity contribution in [1.82, 2.24) is 19.6 Å². The van der Waals surface area contributed by atoms with E-state index in [1.54, 1.807) is 47.2 Å². The van der Waals surface area contributed by atoms with Gasteiger partial charge in [0.15, 0.2) is 11.5 Å². The number of phenols is 2. The van der Waals surface area contributed by atoms with Gasteiger partial charge in [-0.05, 0) is 30.3 Å². The molecule has 30 heavy (non-hydrogen) atoms. The van der Waals surface area contributed by atoms with Crippen LogP contribution in [0.15, 0.2) is 71.6 Å². The SMILES string of the molecule is Oc1ccc2c(c1)Oc1ncn3nc(-c4ccccc4O)nc3c1[C@H]2c1ccco1. The summed E-state index contributed by atoms with van der Waals surface area (Å²) in [6.07, 6.45) is 3.12. The van der Waals surface area contributed by atoms with Crippen LogP contribution in [0.25, 0.3) is 17.0 Å². The Morgan fingerprint density at radius 2 is 1.90 bits per heavy atom. The topological polar surface area (TPSA) is 106 Å². The molecule has 5 aromatic rings. The third kappa shape index (κ3) is 2.37. The van der Waals surface area contributed by atoms with Crippen molar-refractivity contribution in [3.05, 3.63) is 84.1 Å². The minimum atomic E-state index is -0.350. The fourth-order valence-electron chi connectivity index (χ4n) is 3.83. The van der Waals surface area contributed by atoms with Crippen molar-refractivity contribution in [3.63, 3.8) is 0 Å². The maximum Gasteiger partial charge on any atom is 0.228 e. The fraction of sp³-hybridized carbons (Fsp3) is 0.0455. The highest BCUT2D eigenvalue weighted by Crippen LogP contribution is 2.48. The van der Waals surface area contributed by atoms with Crippen LogP contribution in [-0.4, -0.2) is 29.8 Å². The lowest BCUT2D eigenvalue weighted by molar-refractivity contribution is 0.409. The molecular formula is C22H14N4O4. The number of ether oxygens (including phenoxy) is 1. The molecule has 8 heteroatoms. The summed E-state index contributed by atoms with van der Waals surface area (Å²) in [7, 11) is 0. The Balaban J connectivity index is 1.63. The molecule has 0 saturated carbocycles. The van der Waals surface area contributed by atoms with E-state index in [0.29, 0.717) is 40.0 Å². The highest BCUT2D eigenvalue weighted by Gasteiger charge is 2.35. The first kappa shape index (κ1) is 16.6. The Morgan fingerprint density at radius 1 is 1.00 bits per heavy atom. The molecule has 2 aromatic carbocycles. The lowest BCUT2D eigenvalue weighted by Crippen LogP contribution is -2.14. The van der Waals surface area contributed by atoms with Crippen LogP contribution >= 0.6 is 0 Å². The van der Waals surface area contributed by atoms with E-state index in [-0.39, 0.29) is 17.4 Å². The summed E-state index contributed by atoms with van der Waals surface area (Å²) in [6.45, 7) is 0. The molecule has 1 atom stereocenters. The van der Waals surface area contributed by atoms with Gasteiger partial charge in [0, 0.05) is 11.6 Å². The number of furan rings is 1. The molecule has 0 radical (unpaired) electrons. The summed E-state index contributed by atoms with van der Waals surface area (Å²) in [4.78, 5) is 9.11. The summed E-state index contributed by atoms with van der Waals surface area (Å²) in [6, 6.07) is 15.5. The van der Waals surface area contributed by atoms with Gasteiger partial charge in [0.25, 0.3) is 0 Å². The number of aromatic nitrogens is 4. The summed E-state index contributed by atoms with van der Waals surface area (Å²) in [5.74, 6) is 1.76. The van der Waals surface area contributed by atoms with Gasteiger partial charge >= 0.3 is 0 Å². The summed E-state index contributed by atoms with van der Waals surface area (Å²) < 4.78 is 13.3. The Labute approximate surface area is 169 Å². The minimum Gasteiger partial charge on any atom is -0.508 e. The zero-order valence-electron chi connectivity index (χ0n) is 15.4. The Kier molecular flexibility index (Phi) is 3.37. The second kappa shape index (κ2) is 6.08. The van der Waals surface area contributed by atoms with Crippen LogP contribution in [0.5, 0.6) is 23.1 Å². The van der Waals surface area contributed by atoms with E-state index in [1.165, 1.54) is 6.33 Å². The smallest absolute Gasteiger partial charge is 0.228 e. The monoisotopic (exact) mass is 398 g/mol. The van der Waals surface area contributed by atoms with Crippen LogP contribution in [0.3, 0.4) is 0 Å². The van der Waals surface area contributed by atoms with Gasteiger partial charge in [-0.15, -0.1) is 5.10 Å². The van der Waals surface area contributed by atoms with Crippen molar-refractivity contribution in [3.8, 4) is 34.5 Å². The third-order valence-electron chi connectivity index (χ3n) is 5.16. The molecule has 0 unspecified atom stereocenters. The van der Waals surface area contributed by atoms with Crippen LogP contribution < -0.4 is 4.74 Å². The zero-order chi connectivity index (χ0) is 20.2. The third-order valence-corrected chi connectivity index (χ3v) is 5.16. The van der Waals surface area contributed by atoms with Crippen molar-refractivity contribution in [2.75, 3.05) is 0 Å². The molecule has 146 valence electrons. The van der Waals surface area contributed by atoms with E-state index in [9.17, 15) is 10.2 Å². The lowest BCUT2D eigenvalue weighted by atomic mass is 9.87. The number of para-hydroxylation sites is 1. The van der Waals surface area contributed by atoms with Gasteiger partial charge in [0.2, 0.25) is 5.88 Å². The molecule has 0 fully saturated rings. The molecule has 0 aliphatic carbocycles. The number of phenolic OH excluding ortho intramolecular Hbond substituents is 2. The van der Waals surface area contributed by atoms with E-state index in [1.807, 2.05) is 18.2 Å². The predicted molar refractivity (Wildman–Crippen MR) is 106 cm³/mol. The molecule has 2 N–H and O–H groups in total. The zero-order valence-corrected chi connectivity index (χ0v) is 15.4. The van der Waals surface area contributed by atoms with Gasteiger partial charge in [0.05, 0.1) is 23.3 Å². The molecule has 1 aliphatic rings. The number of rotatable bonds is 2. The molecule has 0 bridgehead atoms. The average Bonchev–Trinajstić information content (AvgIpc) is 3.42. The van der Waals surface area contributed by atoms with Gasteiger partial charge in [0.1, 0.15) is 29.3 Å². The Bertz CT molecular complexity index is 1410. The van der Waals surface area contributed by atoms with E-state index < -0.39 is 0 Å². The van der Waals surface area contributed by atoms with Crippen LogP contribution in [0, 0.1) is 0 Å². The molecule has 0 saturated heterocycles. The van der Waals surface area contributed by atoms with Gasteiger partial charge in [-0.25, -0.2) is 14.5 Å². The number of hydrogen-bond acceptors (Lipinski definition) is 7. The molecule has 0 spiro atoms. The second-order valence-electron chi connectivity index (χ2n) is 6.96. The van der Waals surface area contributed by atoms with E-state index >= 15 is 0 Å². The normalized spacial score (nSPS) is 14.9. The lowest BCUT2D eigenvalue weighted by Gasteiger charge is -2.26. The van der Waals surface area contributed by atoms with Crippen LogP contribution in [-0.2, 0) is 0 Å².